The van der Waals surface area contributed by atoms with Crippen molar-refractivity contribution in [3.8, 4) is 0 Å². The first-order chi connectivity index (χ1) is 11.0. The molecule has 0 aliphatic rings. The molecule has 0 saturated carbocycles. The number of rotatable bonds is 6. The van der Waals surface area contributed by atoms with Crippen LogP contribution in [0.1, 0.15) is 5.56 Å². The highest BCUT2D eigenvalue weighted by molar-refractivity contribution is 6.34. The lowest BCUT2D eigenvalue weighted by Gasteiger charge is -2.09. The van der Waals surface area contributed by atoms with E-state index < -0.39 is 4.92 Å². The molecule has 0 aliphatic heterocycles. The molecular weight excluding hydrogens is 341 g/mol. The molecule has 0 spiro atoms. The summed E-state index contributed by atoms with van der Waals surface area (Å²) in [6.45, 7) is 0.500. The van der Waals surface area contributed by atoms with E-state index in [1.54, 1.807) is 6.07 Å². The Balaban J connectivity index is 1.88. The Hall–Kier alpha value is -2.15. The topological polar surface area (TPSA) is 84.3 Å². The first kappa shape index (κ1) is 17.2. The number of nitro benzene ring substituents is 1. The van der Waals surface area contributed by atoms with E-state index in [2.05, 4.69) is 10.6 Å². The molecule has 120 valence electrons. The van der Waals surface area contributed by atoms with Crippen LogP contribution in [0.3, 0.4) is 0 Å². The Kier molecular flexibility index (Phi) is 5.92. The average molecular weight is 354 g/mol. The zero-order chi connectivity index (χ0) is 16.8. The molecular formula is C15H13Cl2N3O3. The maximum Gasteiger partial charge on any atom is 0.271 e. The molecule has 1 amide bonds. The number of hydrogen-bond donors (Lipinski definition) is 2. The molecule has 0 aromatic heterocycles. The quantitative estimate of drug-likeness (QED) is 0.613. The summed E-state index contributed by atoms with van der Waals surface area (Å²) in [5.41, 5.74) is 1.07. The Morgan fingerprint density at radius 3 is 2.52 bits per heavy atom. The minimum atomic E-state index is -0.553. The van der Waals surface area contributed by atoms with Gasteiger partial charge in [0.15, 0.2) is 0 Å². The molecule has 23 heavy (non-hydrogen) atoms. The summed E-state index contributed by atoms with van der Waals surface area (Å²) in [5.74, 6) is -0.312. The van der Waals surface area contributed by atoms with E-state index >= 15 is 0 Å². The fraction of sp³-hybridized carbons (Fsp3) is 0.133. The van der Waals surface area contributed by atoms with Gasteiger partial charge in [0.25, 0.3) is 5.69 Å². The molecule has 2 aromatic carbocycles. The number of benzene rings is 2. The van der Waals surface area contributed by atoms with Crippen LogP contribution < -0.4 is 10.6 Å². The molecule has 0 aliphatic carbocycles. The number of nitrogens with one attached hydrogen (secondary N) is 2. The number of carbonyl (C=O) groups excluding carboxylic acids is 1. The zero-order valence-electron chi connectivity index (χ0n) is 11.9. The lowest BCUT2D eigenvalue weighted by molar-refractivity contribution is -0.384. The van der Waals surface area contributed by atoms with Crippen molar-refractivity contribution in [2.24, 2.45) is 0 Å². The predicted molar refractivity (Wildman–Crippen MR) is 89.9 cm³/mol. The second-order valence-electron chi connectivity index (χ2n) is 4.66. The van der Waals surface area contributed by atoms with Crippen LogP contribution in [0, 0.1) is 10.1 Å². The number of amides is 1. The van der Waals surface area contributed by atoms with E-state index in [4.69, 9.17) is 23.2 Å². The first-order valence-corrected chi connectivity index (χ1v) is 7.41. The SMILES string of the molecule is O=C(CNCc1ccccc1Cl)Nc1ccc([N+](=O)[O-])cc1Cl. The lowest BCUT2D eigenvalue weighted by atomic mass is 10.2. The van der Waals surface area contributed by atoms with Crippen molar-refractivity contribution >= 4 is 40.5 Å². The Labute approximate surface area is 142 Å². The van der Waals surface area contributed by atoms with Gasteiger partial charge in [0.05, 0.1) is 22.2 Å². The lowest BCUT2D eigenvalue weighted by Crippen LogP contribution is -2.27. The Morgan fingerprint density at radius 1 is 1.13 bits per heavy atom. The smallest absolute Gasteiger partial charge is 0.271 e. The molecule has 0 bridgehead atoms. The predicted octanol–water partition coefficient (Wildman–Crippen LogP) is 3.63. The number of non-ortho nitro benzene ring substituents is 1. The highest BCUT2D eigenvalue weighted by atomic mass is 35.5. The van der Waals surface area contributed by atoms with Crippen LogP contribution in [-0.2, 0) is 11.3 Å². The summed E-state index contributed by atoms with van der Waals surface area (Å²) in [5, 5.41) is 16.9. The van der Waals surface area contributed by atoms with Gasteiger partial charge < -0.3 is 10.6 Å². The summed E-state index contributed by atoms with van der Waals surface area (Å²) < 4.78 is 0. The molecule has 0 saturated heterocycles. The van der Waals surface area contributed by atoms with Gasteiger partial charge in [-0.3, -0.25) is 14.9 Å². The van der Waals surface area contributed by atoms with Gasteiger partial charge in [-0.05, 0) is 17.7 Å². The van der Waals surface area contributed by atoms with E-state index in [0.29, 0.717) is 17.3 Å². The van der Waals surface area contributed by atoms with Gasteiger partial charge in [-0.15, -0.1) is 0 Å². The first-order valence-electron chi connectivity index (χ1n) is 6.65. The van der Waals surface area contributed by atoms with Crippen molar-refractivity contribution < 1.29 is 9.72 Å². The molecule has 0 fully saturated rings. The monoisotopic (exact) mass is 353 g/mol. The van der Waals surface area contributed by atoms with Crippen LogP contribution in [0.4, 0.5) is 11.4 Å². The number of hydrogen-bond acceptors (Lipinski definition) is 4. The summed E-state index contributed by atoms with van der Waals surface area (Å²) in [6.07, 6.45) is 0. The van der Waals surface area contributed by atoms with Crippen LogP contribution in [0.15, 0.2) is 42.5 Å². The molecule has 0 atom stereocenters. The molecule has 0 unspecified atom stereocenters. The highest BCUT2D eigenvalue weighted by Crippen LogP contribution is 2.26. The minimum Gasteiger partial charge on any atom is -0.324 e. The summed E-state index contributed by atoms with van der Waals surface area (Å²) in [4.78, 5) is 21.9. The Bertz CT molecular complexity index is 738. The second kappa shape index (κ2) is 7.92. The van der Waals surface area contributed by atoms with E-state index in [0.717, 1.165) is 5.56 Å². The number of anilines is 1. The van der Waals surface area contributed by atoms with Crippen LogP contribution >= 0.6 is 23.2 Å². The van der Waals surface area contributed by atoms with Gasteiger partial charge in [0.1, 0.15) is 0 Å². The fourth-order valence-electron chi connectivity index (χ4n) is 1.87. The molecule has 0 heterocycles. The van der Waals surface area contributed by atoms with Gasteiger partial charge in [0.2, 0.25) is 5.91 Å². The Morgan fingerprint density at radius 2 is 1.87 bits per heavy atom. The summed E-state index contributed by atoms with van der Waals surface area (Å²) >= 11 is 11.9. The molecule has 2 N–H and O–H groups in total. The van der Waals surface area contributed by atoms with Crippen LogP contribution in [0.2, 0.25) is 10.0 Å². The van der Waals surface area contributed by atoms with Crippen molar-refractivity contribution in [1.82, 2.24) is 5.32 Å². The van der Waals surface area contributed by atoms with E-state index in [9.17, 15) is 14.9 Å². The maximum atomic E-state index is 11.9. The third-order valence-corrected chi connectivity index (χ3v) is 3.68. The molecule has 6 nitrogen and oxygen atoms in total. The van der Waals surface area contributed by atoms with Crippen LogP contribution in [-0.4, -0.2) is 17.4 Å². The highest BCUT2D eigenvalue weighted by Gasteiger charge is 2.11. The molecule has 8 heteroatoms. The van der Waals surface area contributed by atoms with Crippen molar-refractivity contribution in [3.63, 3.8) is 0 Å². The number of carbonyl (C=O) groups is 1. The van der Waals surface area contributed by atoms with Crippen LogP contribution in [0.25, 0.3) is 0 Å². The van der Waals surface area contributed by atoms with E-state index in [1.807, 2.05) is 18.2 Å². The van der Waals surface area contributed by atoms with Crippen molar-refractivity contribution in [1.29, 1.82) is 0 Å². The summed E-state index contributed by atoms with van der Waals surface area (Å²) in [7, 11) is 0. The minimum absolute atomic E-state index is 0.0541. The maximum absolute atomic E-state index is 11.9. The largest absolute Gasteiger partial charge is 0.324 e. The second-order valence-corrected chi connectivity index (χ2v) is 5.48. The van der Waals surface area contributed by atoms with Gasteiger partial charge in [0, 0.05) is 23.7 Å². The summed E-state index contributed by atoms with van der Waals surface area (Å²) in [6, 6.07) is 11.2. The third kappa shape index (κ3) is 4.92. The zero-order valence-corrected chi connectivity index (χ0v) is 13.4. The standard InChI is InChI=1S/C15H13Cl2N3O3/c16-12-4-2-1-3-10(12)8-18-9-15(21)19-14-6-5-11(20(22)23)7-13(14)17/h1-7,18H,8-9H2,(H,19,21). The molecule has 2 rings (SSSR count). The average Bonchev–Trinajstić information content (AvgIpc) is 2.51. The number of nitro groups is 1. The van der Waals surface area contributed by atoms with Gasteiger partial charge in [-0.2, -0.15) is 0 Å². The number of nitrogens with zero attached hydrogens (tertiary/aromatic N) is 1. The van der Waals surface area contributed by atoms with Crippen molar-refractivity contribution in [3.05, 3.63) is 68.2 Å². The van der Waals surface area contributed by atoms with Gasteiger partial charge >= 0.3 is 0 Å². The van der Waals surface area contributed by atoms with Gasteiger partial charge in [-0.1, -0.05) is 41.4 Å². The van der Waals surface area contributed by atoms with E-state index in [-0.39, 0.29) is 23.2 Å². The third-order valence-electron chi connectivity index (χ3n) is 3.00. The normalized spacial score (nSPS) is 10.3. The fourth-order valence-corrected chi connectivity index (χ4v) is 2.29. The van der Waals surface area contributed by atoms with Crippen LogP contribution in [0.5, 0.6) is 0 Å². The van der Waals surface area contributed by atoms with Crippen molar-refractivity contribution in [2.75, 3.05) is 11.9 Å². The van der Waals surface area contributed by atoms with E-state index in [1.165, 1.54) is 18.2 Å². The van der Waals surface area contributed by atoms with Crippen molar-refractivity contribution in [2.45, 2.75) is 6.54 Å². The molecule has 2 aromatic rings. The van der Waals surface area contributed by atoms with Gasteiger partial charge in [-0.25, -0.2) is 0 Å². The number of halogens is 2. The molecule has 0 radical (unpaired) electrons.